The molecule has 0 aromatic heterocycles. The van der Waals surface area contributed by atoms with E-state index in [2.05, 4.69) is 5.32 Å². The van der Waals surface area contributed by atoms with Crippen molar-refractivity contribution in [2.24, 2.45) is 5.73 Å². The summed E-state index contributed by atoms with van der Waals surface area (Å²) in [5, 5.41) is 3.41. The maximum absolute atomic E-state index is 12.0. The fraction of sp³-hybridized carbons (Fsp3) is 0.235. The molecule has 0 spiro atoms. The van der Waals surface area contributed by atoms with Crippen LogP contribution in [0.1, 0.15) is 30.0 Å². The molecule has 0 saturated carbocycles. The van der Waals surface area contributed by atoms with Gasteiger partial charge >= 0.3 is 0 Å². The van der Waals surface area contributed by atoms with Crippen LogP contribution in [0.2, 0.25) is 5.02 Å². The summed E-state index contributed by atoms with van der Waals surface area (Å²) >= 11 is 6.09. The lowest BCUT2D eigenvalue weighted by Gasteiger charge is -2.13. The number of carbonyl (C=O) groups excluding carboxylic acids is 1. The highest BCUT2D eigenvalue weighted by Crippen LogP contribution is 2.25. The van der Waals surface area contributed by atoms with E-state index in [4.69, 9.17) is 17.3 Å². The Balaban J connectivity index is 1.91. The molecule has 3 N–H and O–H groups in total. The summed E-state index contributed by atoms with van der Waals surface area (Å²) in [6, 6.07) is 15.2. The lowest BCUT2D eigenvalue weighted by atomic mass is 10.0. The summed E-state index contributed by atoms with van der Waals surface area (Å²) in [7, 11) is 0. The van der Waals surface area contributed by atoms with Gasteiger partial charge in [-0.2, -0.15) is 0 Å². The molecule has 0 aliphatic heterocycles. The zero-order chi connectivity index (χ0) is 15.2. The number of rotatable bonds is 5. The highest BCUT2D eigenvalue weighted by atomic mass is 35.5. The average molecular weight is 303 g/mol. The number of nitrogens with two attached hydrogens (primary N) is 1. The van der Waals surface area contributed by atoms with Gasteiger partial charge in [-0.1, -0.05) is 54.1 Å². The molecule has 1 amide bonds. The molecule has 0 aliphatic carbocycles. The molecule has 2 rings (SSSR count). The molecule has 2 aromatic carbocycles. The molecule has 0 heterocycles. The summed E-state index contributed by atoms with van der Waals surface area (Å²) in [5.41, 5.74) is 8.76. The molecule has 0 aliphatic rings. The van der Waals surface area contributed by atoms with E-state index in [1.54, 1.807) is 6.07 Å². The van der Waals surface area contributed by atoms with Crippen LogP contribution in [0.15, 0.2) is 48.5 Å². The Hall–Kier alpha value is -1.84. The van der Waals surface area contributed by atoms with Crippen LogP contribution in [0, 0.1) is 6.92 Å². The number of halogens is 1. The third kappa shape index (κ3) is 4.31. The van der Waals surface area contributed by atoms with E-state index in [1.807, 2.05) is 49.4 Å². The minimum Gasteiger partial charge on any atom is -0.325 e. The van der Waals surface area contributed by atoms with Gasteiger partial charge in [0.2, 0.25) is 5.91 Å². The van der Waals surface area contributed by atoms with Gasteiger partial charge < -0.3 is 11.1 Å². The summed E-state index contributed by atoms with van der Waals surface area (Å²) in [5.74, 6) is -0.0717. The second-order valence-corrected chi connectivity index (χ2v) is 5.44. The zero-order valence-corrected chi connectivity index (χ0v) is 12.7. The zero-order valence-electron chi connectivity index (χ0n) is 12.0. The summed E-state index contributed by atoms with van der Waals surface area (Å²) in [4.78, 5) is 12.0. The monoisotopic (exact) mass is 302 g/mol. The second kappa shape index (κ2) is 7.25. The Bertz CT molecular complexity index is 593. The molecule has 0 bridgehead atoms. The highest BCUT2D eigenvalue weighted by Gasteiger charge is 2.11. The molecule has 110 valence electrons. The minimum atomic E-state index is -0.135. The van der Waals surface area contributed by atoms with Crippen LogP contribution in [0.5, 0.6) is 0 Å². The van der Waals surface area contributed by atoms with Gasteiger partial charge in [-0.15, -0.1) is 0 Å². The number of benzene rings is 2. The van der Waals surface area contributed by atoms with Gasteiger partial charge in [-0.25, -0.2) is 0 Å². The second-order valence-electron chi connectivity index (χ2n) is 5.04. The van der Waals surface area contributed by atoms with E-state index in [0.29, 0.717) is 23.6 Å². The molecular formula is C17H19ClN2O. The molecule has 0 radical (unpaired) electrons. The maximum atomic E-state index is 12.0. The smallest absolute Gasteiger partial charge is 0.224 e. The summed E-state index contributed by atoms with van der Waals surface area (Å²) in [6.07, 6.45) is 0.958. The lowest BCUT2D eigenvalue weighted by molar-refractivity contribution is -0.116. The van der Waals surface area contributed by atoms with Gasteiger partial charge in [0.25, 0.3) is 0 Å². The molecule has 3 nitrogen and oxygen atoms in total. The Morgan fingerprint density at radius 3 is 2.57 bits per heavy atom. The number of para-hydroxylation sites is 1. The molecule has 4 heteroatoms. The largest absolute Gasteiger partial charge is 0.325 e. The van der Waals surface area contributed by atoms with Crippen LogP contribution >= 0.6 is 11.6 Å². The predicted molar refractivity (Wildman–Crippen MR) is 87.4 cm³/mol. The van der Waals surface area contributed by atoms with Crippen LogP contribution < -0.4 is 11.1 Å². The fourth-order valence-corrected chi connectivity index (χ4v) is 2.41. The Morgan fingerprint density at radius 1 is 1.19 bits per heavy atom. The third-order valence-electron chi connectivity index (χ3n) is 3.40. The van der Waals surface area contributed by atoms with Gasteiger partial charge in [-0.05, 0) is 30.5 Å². The topological polar surface area (TPSA) is 55.1 Å². The molecule has 1 unspecified atom stereocenters. The van der Waals surface area contributed by atoms with Crippen molar-refractivity contribution in [3.63, 3.8) is 0 Å². The SMILES string of the molecule is Cc1cccc(Cl)c1NC(=O)CCC(N)c1ccccc1. The van der Waals surface area contributed by atoms with Gasteiger partial charge in [-0.3, -0.25) is 4.79 Å². The Labute approximate surface area is 130 Å². The van der Waals surface area contributed by atoms with Crippen LogP contribution in [0.25, 0.3) is 0 Å². The molecule has 2 aromatic rings. The van der Waals surface area contributed by atoms with Gasteiger partial charge in [0, 0.05) is 12.5 Å². The first-order valence-corrected chi connectivity index (χ1v) is 7.31. The van der Waals surface area contributed by atoms with Crippen LogP contribution in [-0.4, -0.2) is 5.91 Å². The van der Waals surface area contributed by atoms with Crippen LogP contribution in [0.4, 0.5) is 5.69 Å². The maximum Gasteiger partial charge on any atom is 0.224 e. The van der Waals surface area contributed by atoms with Crippen molar-refractivity contribution in [2.45, 2.75) is 25.8 Å². The molecule has 0 fully saturated rings. The molecule has 1 atom stereocenters. The molecule has 0 saturated heterocycles. The quantitative estimate of drug-likeness (QED) is 0.875. The minimum absolute atomic E-state index is 0.0717. The first kappa shape index (κ1) is 15.5. The van der Waals surface area contributed by atoms with Gasteiger partial charge in [0.1, 0.15) is 0 Å². The van der Waals surface area contributed by atoms with Crippen LogP contribution in [0.3, 0.4) is 0 Å². The van der Waals surface area contributed by atoms with E-state index < -0.39 is 0 Å². The van der Waals surface area contributed by atoms with E-state index in [1.165, 1.54) is 0 Å². The predicted octanol–water partition coefficient (Wildman–Crippen LogP) is 4.07. The first-order chi connectivity index (χ1) is 10.1. The molecular weight excluding hydrogens is 284 g/mol. The van der Waals surface area contributed by atoms with Gasteiger partial charge in [0.15, 0.2) is 0 Å². The third-order valence-corrected chi connectivity index (χ3v) is 3.71. The van der Waals surface area contributed by atoms with Crippen molar-refractivity contribution in [1.29, 1.82) is 0 Å². The number of aryl methyl sites for hydroxylation is 1. The number of hydrogen-bond acceptors (Lipinski definition) is 2. The first-order valence-electron chi connectivity index (χ1n) is 6.93. The number of carbonyl (C=O) groups is 1. The van der Waals surface area contributed by atoms with E-state index in [0.717, 1.165) is 11.1 Å². The highest BCUT2D eigenvalue weighted by molar-refractivity contribution is 6.33. The Morgan fingerprint density at radius 2 is 1.90 bits per heavy atom. The fourth-order valence-electron chi connectivity index (χ4n) is 2.15. The van der Waals surface area contributed by atoms with Crippen molar-refractivity contribution in [1.82, 2.24) is 0 Å². The normalized spacial score (nSPS) is 12.0. The lowest BCUT2D eigenvalue weighted by Crippen LogP contribution is -2.17. The van der Waals surface area contributed by atoms with Crippen molar-refractivity contribution < 1.29 is 4.79 Å². The summed E-state index contributed by atoms with van der Waals surface area (Å²) in [6.45, 7) is 1.91. The van der Waals surface area contributed by atoms with E-state index in [-0.39, 0.29) is 11.9 Å². The molecule has 21 heavy (non-hydrogen) atoms. The van der Waals surface area contributed by atoms with Crippen LogP contribution in [-0.2, 0) is 4.79 Å². The van der Waals surface area contributed by atoms with E-state index >= 15 is 0 Å². The number of amides is 1. The number of nitrogens with one attached hydrogen (secondary N) is 1. The average Bonchev–Trinajstić information content (AvgIpc) is 2.49. The van der Waals surface area contributed by atoms with Crippen molar-refractivity contribution in [2.75, 3.05) is 5.32 Å². The van der Waals surface area contributed by atoms with Crippen molar-refractivity contribution in [3.8, 4) is 0 Å². The Kier molecular flexibility index (Phi) is 5.37. The van der Waals surface area contributed by atoms with Crippen molar-refractivity contribution in [3.05, 3.63) is 64.7 Å². The standard InChI is InChI=1S/C17H19ClN2O/c1-12-6-5-9-14(18)17(12)20-16(21)11-10-15(19)13-7-3-2-4-8-13/h2-9,15H,10-11,19H2,1H3,(H,20,21). The summed E-state index contributed by atoms with van der Waals surface area (Å²) < 4.78 is 0. The number of anilines is 1. The van der Waals surface area contributed by atoms with Crippen molar-refractivity contribution >= 4 is 23.2 Å². The van der Waals surface area contributed by atoms with E-state index in [9.17, 15) is 4.79 Å². The number of hydrogen-bond donors (Lipinski definition) is 2. The van der Waals surface area contributed by atoms with Gasteiger partial charge in [0.05, 0.1) is 10.7 Å².